The van der Waals surface area contributed by atoms with Gasteiger partial charge in [0.1, 0.15) is 0 Å². The summed E-state index contributed by atoms with van der Waals surface area (Å²) in [5, 5.41) is 0. The Labute approximate surface area is 84.3 Å². The molecule has 1 aromatic carbocycles. The van der Waals surface area contributed by atoms with Crippen molar-refractivity contribution in [3.63, 3.8) is 0 Å². The van der Waals surface area contributed by atoms with Gasteiger partial charge in [0.2, 0.25) is 0 Å². The molecule has 0 N–H and O–H groups in total. The van der Waals surface area contributed by atoms with E-state index in [9.17, 15) is 8.42 Å². The molecule has 3 nitrogen and oxygen atoms in total. The normalized spacial score (nSPS) is 19.1. The highest BCUT2D eigenvalue weighted by molar-refractivity contribution is 7.91. The molecular weight excluding hydrogens is 198 g/mol. The lowest BCUT2D eigenvalue weighted by atomic mass is 10.2. The summed E-state index contributed by atoms with van der Waals surface area (Å²) in [4.78, 5) is 2.46. The van der Waals surface area contributed by atoms with Gasteiger partial charge in [-0.15, -0.1) is 0 Å². The number of hydrogen-bond donors (Lipinski definition) is 0. The molecule has 1 aromatic rings. The lowest BCUT2D eigenvalue weighted by Gasteiger charge is -2.27. The van der Waals surface area contributed by atoms with Crippen LogP contribution in [0.4, 0.5) is 5.69 Å². The Morgan fingerprint density at radius 2 is 2.07 bits per heavy atom. The Balaban J connectivity index is 2.69. The zero-order valence-corrected chi connectivity index (χ0v) is 9.13. The fourth-order valence-corrected chi connectivity index (χ4v) is 3.22. The van der Waals surface area contributed by atoms with Crippen molar-refractivity contribution in [1.82, 2.24) is 0 Å². The van der Waals surface area contributed by atoms with Gasteiger partial charge in [0.25, 0.3) is 0 Å². The third kappa shape index (κ3) is 1.39. The van der Waals surface area contributed by atoms with Gasteiger partial charge in [-0.2, -0.15) is 0 Å². The molecule has 0 saturated heterocycles. The van der Waals surface area contributed by atoms with Crippen molar-refractivity contribution in [2.45, 2.75) is 11.8 Å². The molecule has 4 heteroatoms. The van der Waals surface area contributed by atoms with Gasteiger partial charge in [0.05, 0.1) is 16.3 Å². The minimum absolute atomic E-state index is 0.222. The van der Waals surface area contributed by atoms with E-state index < -0.39 is 9.84 Å². The topological polar surface area (TPSA) is 37.4 Å². The van der Waals surface area contributed by atoms with Gasteiger partial charge in [-0.25, -0.2) is 8.42 Å². The number of sulfone groups is 1. The molecule has 0 amide bonds. The summed E-state index contributed by atoms with van der Waals surface area (Å²) in [6.45, 7) is 2.55. The van der Waals surface area contributed by atoms with Crippen LogP contribution < -0.4 is 4.90 Å². The first-order chi connectivity index (χ1) is 6.50. The number of benzene rings is 1. The van der Waals surface area contributed by atoms with Crippen molar-refractivity contribution >= 4 is 15.5 Å². The molecule has 0 radical (unpaired) electrons. The fourth-order valence-electron chi connectivity index (χ4n) is 1.68. The Morgan fingerprint density at radius 3 is 2.79 bits per heavy atom. The van der Waals surface area contributed by atoms with Crippen molar-refractivity contribution < 1.29 is 8.42 Å². The van der Waals surface area contributed by atoms with Crippen molar-refractivity contribution in [3.8, 4) is 0 Å². The van der Waals surface area contributed by atoms with Crippen LogP contribution in [0.3, 0.4) is 0 Å². The molecule has 0 fully saturated rings. The van der Waals surface area contributed by atoms with Crippen LogP contribution in [0.15, 0.2) is 23.1 Å². The lowest BCUT2D eigenvalue weighted by Crippen LogP contribution is -2.32. The zero-order valence-electron chi connectivity index (χ0n) is 8.32. The number of rotatable bonds is 0. The molecule has 1 aliphatic rings. The van der Waals surface area contributed by atoms with Gasteiger partial charge in [0, 0.05) is 13.6 Å². The number of anilines is 1. The van der Waals surface area contributed by atoms with Crippen molar-refractivity contribution in [2.75, 3.05) is 24.2 Å². The van der Waals surface area contributed by atoms with Gasteiger partial charge in [-0.05, 0) is 24.6 Å². The molecular formula is C10H13NO2S. The van der Waals surface area contributed by atoms with Crippen LogP contribution >= 0.6 is 0 Å². The zero-order chi connectivity index (χ0) is 10.3. The highest BCUT2D eigenvalue weighted by Gasteiger charge is 2.25. The molecule has 1 heterocycles. The average molecular weight is 211 g/mol. The smallest absolute Gasteiger partial charge is 0.182 e. The SMILES string of the molecule is Cc1ccc2c(c1)N(C)CCS2(=O)=O. The predicted octanol–water partition coefficient (Wildman–Crippen LogP) is 1.22. The van der Waals surface area contributed by atoms with Crippen LogP contribution in [0.5, 0.6) is 0 Å². The molecule has 0 aliphatic carbocycles. The summed E-state index contributed by atoms with van der Waals surface area (Å²) in [6.07, 6.45) is 0. The maximum absolute atomic E-state index is 11.7. The van der Waals surface area contributed by atoms with Crippen molar-refractivity contribution in [2.24, 2.45) is 0 Å². The fraction of sp³-hybridized carbons (Fsp3) is 0.400. The van der Waals surface area contributed by atoms with Crippen LogP contribution in [0, 0.1) is 6.92 Å². The lowest BCUT2D eigenvalue weighted by molar-refractivity contribution is 0.591. The van der Waals surface area contributed by atoms with E-state index in [1.807, 2.05) is 31.0 Å². The van der Waals surface area contributed by atoms with Gasteiger partial charge in [-0.3, -0.25) is 0 Å². The molecule has 76 valence electrons. The van der Waals surface area contributed by atoms with Crippen molar-refractivity contribution in [3.05, 3.63) is 23.8 Å². The van der Waals surface area contributed by atoms with E-state index in [1.165, 1.54) is 0 Å². The molecule has 0 bridgehead atoms. The molecule has 0 unspecified atom stereocenters. The van der Waals surface area contributed by atoms with E-state index >= 15 is 0 Å². The number of aryl methyl sites for hydroxylation is 1. The highest BCUT2D eigenvalue weighted by atomic mass is 32.2. The van der Waals surface area contributed by atoms with E-state index in [1.54, 1.807) is 6.07 Å². The molecule has 0 saturated carbocycles. The summed E-state index contributed by atoms with van der Waals surface area (Å²) >= 11 is 0. The second-order valence-corrected chi connectivity index (χ2v) is 5.79. The number of hydrogen-bond acceptors (Lipinski definition) is 3. The van der Waals surface area contributed by atoms with E-state index in [4.69, 9.17) is 0 Å². The molecule has 0 atom stereocenters. The second-order valence-electron chi connectivity index (χ2n) is 3.71. The first-order valence-electron chi connectivity index (χ1n) is 4.55. The summed E-state index contributed by atoms with van der Waals surface area (Å²) in [6, 6.07) is 5.47. The average Bonchev–Trinajstić information content (AvgIpc) is 2.12. The summed E-state index contributed by atoms with van der Waals surface area (Å²) in [5.41, 5.74) is 1.92. The third-order valence-corrected chi connectivity index (χ3v) is 4.29. The second kappa shape index (κ2) is 2.98. The Morgan fingerprint density at radius 1 is 1.36 bits per heavy atom. The first kappa shape index (κ1) is 9.52. The summed E-state index contributed by atoms with van der Waals surface area (Å²) in [5.74, 6) is 0.222. The van der Waals surface area contributed by atoms with Crippen LogP contribution in [0.2, 0.25) is 0 Å². The maximum atomic E-state index is 11.7. The van der Waals surface area contributed by atoms with Crippen LogP contribution in [-0.4, -0.2) is 27.8 Å². The first-order valence-corrected chi connectivity index (χ1v) is 6.20. The van der Waals surface area contributed by atoms with Gasteiger partial charge in [0.15, 0.2) is 9.84 Å². The molecule has 14 heavy (non-hydrogen) atoms. The maximum Gasteiger partial charge on any atom is 0.182 e. The summed E-state index contributed by atoms with van der Waals surface area (Å²) in [7, 11) is -1.11. The van der Waals surface area contributed by atoms with Gasteiger partial charge >= 0.3 is 0 Å². The van der Waals surface area contributed by atoms with E-state index in [2.05, 4.69) is 0 Å². The van der Waals surface area contributed by atoms with E-state index in [0.29, 0.717) is 11.4 Å². The van der Waals surface area contributed by atoms with Crippen LogP contribution in [0.25, 0.3) is 0 Å². The molecule has 2 rings (SSSR count). The Hall–Kier alpha value is -1.03. The Kier molecular flexibility index (Phi) is 2.03. The summed E-state index contributed by atoms with van der Waals surface area (Å²) < 4.78 is 23.4. The minimum atomic E-state index is -3.03. The van der Waals surface area contributed by atoms with Crippen LogP contribution in [-0.2, 0) is 9.84 Å². The molecule has 0 spiro atoms. The van der Waals surface area contributed by atoms with E-state index in [-0.39, 0.29) is 5.75 Å². The number of nitrogens with zero attached hydrogens (tertiary/aromatic N) is 1. The van der Waals surface area contributed by atoms with Crippen LogP contribution in [0.1, 0.15) is 5.56 Å². The molecule has 1 aliphatic heterocycles. The quantitative estimate of drug-likeness (QED) is 0.647. The predicted molar refractivity (Wildman–Crippen MR) is 56.5 cm³/mol. The highest BCUT2D eigenvalue weighted by Crippen LogP contribution is 2.30. The monoisotopic (exact) mass is 211 g/mol. The van der Waals surface area contributed by atoms with E-state index in [0.717, 1.165) is 11.3 Å². The third-order valence-electron chi connectivity index (χ3n) is 2.56. The molecule has 0 aromatic heterocycles. The standard InChI is InChI=1S/C10H13NO2S/c1-8-3-4-10-9(7-8)11(2)5-6-14(10,12)13/h3-4,7H,5-6H2,1-2H3. The largest absolute Gasteiger partial charge is 0.373 e. The van der Waals surface area contributed by atoms with Gasteiger partial charge in [-0.1, -0.05) is 6.07 Å². The van der Waals surface area contributed by atoms with Crippen molar-refractivity contribution in [1.29, 1.82) is 0 Å². The minimum Gasteiger partial charge on any atom is -0.373 e. The Bertz CT molecular complexity index is 465. The number of fused-ring (bicyclic) bond motifs is 1. The van der Waals surface area contributed by atoms with Gasteiger partial charge < -0.3 is 4.90 Å².